The lowest BCUT2D eigenvalue weighted by atomic mass is 10.3. The molecule has 0 bridgehead atoms. The van der Waals surface area contributed by atoms with Gasteiger partial charge in [0.1, 0.15) is 17.5 Å². The normalized spacial score (nSPS) is 10.4. The Morgan fingerprint density at radius 1 is 1.19 bits per heavy atom. The number of aromatic nitrogens is 3. The highest BCUT2D eigenvalue weighted by atomic mass is 15.2. The zero-order valence-corrected chi connectivity index (χ0v) is 13.0. The highest BCUT2D eigenvalue weighted by molar-refractivity contribution is 5.49. The van der Waals surface area contributed by atoms with Gasteiger partial charge >= 0.3 is 0 Å². The zero-order chi connectivity index (χ0) is 15.1. The molecule has 5 heteroatoms. The molecule has 0 aliphatic rings. The van der Waals surface area contributed by atoms with Crippen molar-refractivity contribution in [2.24, 2.45) is 0 Å². The lowest BCUT2D eigenvalue weighted by Gasteiger charge is -2.19. The first-order chi connectivity index (χ1) is 10.2. The highest BCUT2D eigenvalue weighted by Gasteiger charge is 2.06. The molecule has 2 aromatic heterocycles. The molecule has 0 saturated heterocycles. The van der Waals surface area contributed by atoms with Gasteiger partial charge in [-0.15, -0.1) is 0 Å². The second kappa shape index (κ2) is 7.57. The number of anilines is 2. The molecule has 0 aliphatic heterocycles. The molecule has 0 radical (unpaired) electrons. The van der Waals surface area contributed by atoms with Crippen LogP contribution in [0.1, 0.15) is 31.2 Å². The quantitative estimate of drug-likeness (QED) is 0.847. The van der Waals surface area contributed by atoms with Gasteiger partial charge in [0.15, 0.2) is 0 Å². The van der Waals surface area contributed by atoms with Crippen LogP contribution < -0.4 is 10.2 Å². The summed E-state index contributed by atoms with van der Waals surface area (Å²) >= 11 is 0. The molecule has 1 N–H and O–H groups in total. The molecule has 2 heterocycles. The van der Waals surface area contributed by atoms with Crippen molar-refractivity contribution < 1.29 is 0 Å². The number of nitrogens with one attached hydrogen (secondary N) is 1. The number of nitrogens with zero attached hydrogens (tertiary/aromatic N) is 4. The molecule has 5 nitrogen and oxygen atoms in total. The predicted molar refractivity (Wildman–Crippen MR) is 86.5 cm³/mol. The van der Waals surface area contributed by atoms with Gasteiger partial charge in [0, 0.05) is 38.6 Å². The average Bonchev–Trinajstić information content (AvgIpc) is 2.51. The van der Waals surface area contributed by atoms with Crippen LogP contribution >= 0.6 is 0 Å². The summed E-state index contributed by atoms with van der Waals surface area (Å²) in [6.45, 7) is 5.86. The average molecular weight is 285 g/mol. The Labute approximate surface area is 126 Å². The smallest absolute Gasteiger partial charge is 0.134 e. The third-order valence-corrected chi connectivity index (χ3v) is 3.29. The maximum atomic E-state index is 4.51. The Hall–Kier alpha value is -2.17. The van der Waals surface area contributed by atoms with Crippen molar-refractivity contribution in [2.45, 2.75) is 33.2 Å². The van der Waals surface area contributed by atoms with Gasteiger partial charge in [-0.3, -0.25) is 4.98 Å². The molecular formula is C16H23N5. The van der Waals surface area contributed by atoms with E-state index in [9.17, 15) is 0 Å². The maximum Gasteiger partial charge on any atom is 0.134 e. The Bertz CT molecular complexity index is 556. The summed E-state index contributed by atoms with van der Waals surface area (Å²) in [5.41, 5.74) is 1.18. The highest BCUT2D eigenvalue weighted by Crippen LogP contribution is 2.16. The Kier molecular flexibility index (Phi) is 5.49. The Morgan fingerprint density at radius 2 is 1.95 bits per heavy atom. The van der Waals surface area contributed by atoms with Crippen LogP contribution in [0.2, 0.25) is 0 Å². The number of pyridine rings is 1. The van der Waals surface area contributed by atoms with Crippen LogP contribution in [0.4, 0.5) is 11.6 Å². The molecule has 112 valence electrons. The lowest BCUT2D eigenvalue weighted by molar-refractivity contribution is 0.756. The van der Waals surface area contributed by atoms with Crippen LogP contribution in [-0.2, 0) is 6.54 Å². The first kappa shape index (κ1) is 15.2. The molecule has 0 fully saturated rings. The topological polar surface area (TPSA) is 53.9 Å². The minimum Gasteiger partial charge on any atom is -0.366 e. The summed E-state index contributed by atoms with van der Waals surface area (Å²) in [5.74, 6) is 2.61. The Morgan fingerprint density at radius 3 is 2.67 bits per heavy atom. The van der Waals surface area contributed by atoms with Gasteiger partial charge < -0.3 is 10.2 Å². The number of aryl methyl sites for hydroxylation is 1. The SMILES string of the molecule is CCCCN(C)c1cc(NCc2ccncc2)nc(C)n1. The maximum absolute atomic E-state index is 4.51. The summed E-state index contributed by atoms with van der Waals surface area (Å²) in [6.07, 6.45) is 5.94. The second-order valence-electron chi connectivity index (χ2n) is 5.14. The van der Waals surface area contributed by atoms with Gasteiger partial charge in [-0.1, -0.05) is 13.3 Å². The first-order valence-corrected chi connectivity index (χ1v) is 7.38. The van der Waals surface area contributed by atoms with E-state index in [0.29, 0.717) is 0 Å². The van der Waals surface area contributed by atoms with E-state index in [4.69, 9.17) is 0 Å². The number of unbranched alkanes of at least 4 members (excludes halogenated alkanes) is 1. The molecule has 0 atom stereocenters. The zero-order valence-electron chi connectivity index (χ0n) is 13.0. The number of rotatable bonds is 7. The molecule has 0 spiro atoms. The molecule has 21 heavy (non-hydrogen) atoms. The fourth-order valence-electron chi connectivity index (χ4n) is 2.04. The largest absolute Gasteiger partial charge is 0.366 e. The van der Waals surface area contributed by atoms with Crippen molar-refractivity contribution in [2.75, 3.05) is 23.8 Å². The van der Waals surface area contributed by atoms with Gasteiger partial charge in [0.2, 0.25) is 0 Å². The molecule has 0 saturated carbocycles. The van der Waals surface area contributed by atoms with Crippen LogP contribution in [0, 0.1) is 6.92 Å². The molecular weight excluding hydrogens is 262 g/mol. The van der Waals surface area contributed by atoms with Gasteiger partial charge in [0.05, 0.1) is 0 Å². The first-order valence-electron chi connectivity index (χ1n) is 7.38. The minimum atomic E-state index is 0.733. The van der Waals surface area contributed by atoms with E-state index in [-0.39, 0.29) is 0 Å². The van der Waals surface area contributed by atoms with Gasteiger partial charge in [-0.2, -0.15) is 0 Å². The van der Waals surface area contributed by atoms with Crippen LogP contribution in [0.25, 0.3) is 0 Å². The van der Waals surface area contributed by atoms with E-state index in [1.54, 1.807) is 12.4 Å². The molecule has 0 unspecified atom stereocenters. The van der Waals surface area contributed by atoms with Crippen molar-refractivity contribution in [3.05, 3.63) is 42.0 Å². The fourth-order valence-corrected chi connectivity index (χ4v) is 2.04. The summed E-state index contributed by atoms with van der Waals surface area (Å²) in [7, 11) is 2.07. The predicted octanol–water partition coefficient (Wildman–Crippen LogP) is 3.03. The van der Waals surface area contributed by atoms with Crippen molar-refractivity contribution in [1.82, 2.24) is 15.0 Å². The van der Waals surface area contributed by atoms with Crippen LogP contribution in [0.3, 0.4) is 0 Å². The summed E-state index contributed by atoms with van der Waals surface area (Å²) in [5, 5.41) is 3.35. The van der Waals surface area contributed by atoms with Crippen LogP contribution in [-0.4, -0.2) is 28.5 Å². The lowest BCUT2D eigenvalue weighted by Crippen LogP contribution is -2.20. The van der Waals surface area contributed by atoms with Crippen LogP contribution in [0.15, 0.2) is 30.6 Å². The minimum absolute atomic E-state index is 0.733. The molecule has 0 amide bonds. The van der Waals surface area contributed by atoms with Crippen LogP contribution in [0.5, 0.6) is 0 Å². The van der Waals surface area contributed by atoms with Gasteiger partial charge in [-0.05, 0) is 31.0 Å². The standard InChI is InChI=1S/C16H23N5/c1-4-5-10-21(3)16-11-15(19-13(2)20-16)18-12-14-6-8-17-9-7-14/h6-9,11H,4-5,10,12H2,1-3H3,(H,18,19,20). The van der Waals surface area contributed by atoms with Gasteiger partial charge in [-0.25, -0.2) is 9.97 Å². The Balaban J connectivity index is 2.04. The molecule has 2 rings (SSSR count). The van der Waals surface area contributed by atoms with E-state index < -0.39 is 0 Å². The summed E-state index contributed by atoms with van der Waals surface area (Å²) in [6, 6.07) is 5.99. The monoisotopic (exact) mass is 285 g/mol. The third kappa shape index (κ3) is 4.70. The third-order valence-electron chi connectivity index (χ3n) is 3.29. The van der Waals surface area contributed by atoms with Gasteiger partial charge in [0.25, 0.3) is 0 Å². The number of hydrogen-bond donors (Lipinski definition) is 1. The number of hydrogen-bond acceptors (Lipinski definition) is 5. The molecule has 0 aromatic carbocycles. The fraction of sp³-hybridized carbons (Fsp3) is 0.438. The van der Waals surface area contributed by atoms with E-state index in [1.165, 1.54) is 18.4 Å². The summed E-state index contributed by atoms with van der Waals surface area (Å²) in [4.78, 5) is 15.2. The molecule has 0 aliphatic carbocycles. The second-order valence-corrected chi connectivity index (χ2v) is 5.14. The molecule has 2 aromatic rings. The van der Waals surface area contributed by atoms with E-state index >= 15 is 0 Å². The van der Waals surface area contributed by atoms with E-state index in [1.807, 2.05) is 25.1 Å². The van der Waals surface area contributed by atoms with Crippen molar-refractivity contribution in [3.63, 3.8) is 0 Å². The summed E-state index contributed by atoms with van der Waals surface area (Å²) < 4.78 is 0. The van der Waals surface area contributed by atoms with E-state index in [0.717, 1.165) is 30.5 Å². The van der Waals surface area contributed by atoms with Crippen molar-refractivity contribution in [3.8, 4) is 0 Å². The van der Waals surface area contributed by atoms with E-state index in [2.05, 4.69) is 39.1 Å². The van der Waals surface area contributed by atoms with Crippen molar-refractivity contribution >= 4 is 11.6 Å². The van der Waals surface area contributed by atoms with Crippen molar-refractivity contribution in [1.29, 1.82) is 0 Å².